The van der Waals surface area contributed by atoms with Crippen molar-refractivity contribution in [1.82, 2.24) is 9.97 Å². The van der Waals surface area contributed by atoms with E-state index in [2.05, 4.69) is 14.7 Å². The number of halogens is 1. The minimum atomic E-state index is -3.78. The average Bonchev–Trinajstić information content (AvgIpc) is 2.76. The SMILES string of the molecule is Nc1cc(F)ccc1NS(=O)(=O)c1cnc[nH]1. The average molecular weight is 256 g/mol. The summed E-state index contributed by atoms with van der Waals surface area (Å²) in [5.74, 6) is -0.535. The standard InChI is InChI=1S/C9H9FN4O2S/c10-6-1-2-8(7(11)3-6)14-17(15,16)9-4-12-5-13-9/h1-5,14H,11H2,(H,12,13). The summed E-state index contributed by atoms with van der Waals surface area (Å²) in [4.78, 5) is 6.05. The molecule has 0 bridgehead atoms. The number of sulfonamides is 1. The largest absolute Gasteiger partial charge is 0.397 e. The van der Waals surface area contributed by atoms with Gasteiger partial charge in [-0.2, -0.15) is 8.42 Å². The molecule has 0 aliphatic rings. The van der Waals surface area contributed by atoms with Crippen LogP contribution in [0.15, 0.2) is 35.7 Å². The molecule has 1 aromatic heterocycles. The minimum Gasteiger partial charge on any atom is -0.397 e. The second kappa shape index (κ2) is 4.06. The molecule has 0 fully saturated rings. The fourth-order valence-electron chi connectivity index (χ4n) is 1.22. The molecular weight excluding hydrogens is 247 g/mol. The number of rotatable bonds is 3. The van der Waals surface area contributed by atoms with Gasteiger partial charge in [0.2, 0.25) is 0 Å². The van der Waals surface area contributed by atoms with Gasteiger partial charge in [0.15, 0.2) is 5.03 Å². The van der Waals surface area contributed by atoms with Crippen molar-refractivity contribution in [2.45, 2.75) is 5.03 Å². The van der Waals surface area contributed by atoms with Crippen LogP contribution in [0.1, 0.15) is 0 Å². The summed E-state index contributed by atoms with van der Waals surface area (Å²) in [6.07, 6.45) is 2.39. The maximum atomic E-state index is 12.8. The van der Waals surface area contributed by atoms with Gasteiger partial charge < -0.3 is 10.7 Å². The van der Waals surface area contributed by atoms with Crippen molar-refractivity contribution in [2.24, 2.45) is 0 Å². The molecule has 1 aromatic carbocycles. The van der Waals surface area contributed by atoms with Crippen LogP contribution >= 0.6 is 0 Å². The van der Waals surface area contributed by atoms with E-state index >= 15 is 0 Å². The first-order valence-corrected chi connectivity index (χ1v) is 6.03. The minimum absolute atomic E-state index is 0.00749. The maximum absolute atomic E-state index is 12.8. The van der Waals surface area contributed by atoms with Crippen molar-refractivity contribution in [3.8, 4) is 0 Å². The van der Waals surface area contributed by atoms with Crippen LogP contribution in [0.3, 0.4) is 0 Å². The van der Waals surface area contributed by atoms with E-state index in [1.165, 1.54) is 12.4 Å². The molecule has 17 heavy (non-hydrogen) atoms. The number of nitrogens with zero attached hydrogens (tertiary/aromatic N) is 1. The Morgan fingerprint density at radius 1 is 1.41 bits per heavy atom. The van der Waals surface area contributed by atoms with E-state index in [-0.39, 0.29) is 16.4 Å². The summed E-state index contributed by atoms with van der Waals surface area (Å²) in [7, 11) is -3.78. The lowest BCUT2D eigenvalue weighted by atomic mass is 10.3. The Morgan fingerprint density at radius 3 is 2.76 bits per heavy atom. The summed E-state index contributed by atoms with van der Waals surface area (Å²) < 4.78 is 38.5. The monoisotopic (exact) mass is 256 g/mol. The third-order valence-corrected chi connectivity index (χ3v) is 3.31. The number of nitrogens with two attached hydrogens (primary N) is 1. The molecule has 4 N–H and O–H groups in total. The Bertz CT molecular complexity index is 624. The van der Waals surface area contributed by atoms with Crippen LogP contribution in [0.4, 0.5) is 15.8 Å². The van der Waals surface area contributed by atoms with Crippen molar-refractivity contribution in [1.29, 1.82) is 0 Å². The number of hydrogen-bond acceptors (Lipinski definition) is 4. The molecular formula is C9H9FN4O2S. The number of imidazole rings is 1. The highest BCUT2D eigenvalue weighted by atomic mass is 32.2. The Labute approximate surface area is 96.7 Å². The first-order chi connectivity index (χ1) is 7.99. The van der Waals surface area contributed by atoms with Gasteiger partial charge >= 0.3 is 0 Å². The third-order valence-electron chi connectivity index (χ3n) is 2.02. The van der Waals surface area contributed by atoms with Crippen molar-refractivity contribution in [2.75, 3.05) is 10.5 Å². The molecule has 2 aromatic rings. The van der Waals surface area contributed by atoms with E-state index in [0.29, 0.717) is 0 Å². The lowest BCUT2D eigenvalue weighted by molar-refractivity contribution is 0.598. The molecule has 6 nitrogen and oxygen atoms in total. The van der Waals surface area contributed by atoms with Crippen LogP contribution in [0, 0.1) is 5.82 Å². The second-order valence-corrected chi connectivity index (χ2v) is 4.90. The fraction of sp³-hybridized carbons (Fsp3) is 0. The highest BCUT2D eigenvalue weighted by Gasteiger charge is 2.16. The summed E-state index contributed by atoms with van der Waals surface area (Å²) in [5.41, 5.74) is 5.61. The summed E-state index contributed by atoms with van der Waals surface area (Å²) >= 11 is 0. The number of nitrogens with one attached hydrogen (secondary N) is 2. The van der Waals surface area contributed by atoms with Gasteiger partial charge in [0.25, 0.3) is 10.0 Å². The Balaban J connectivity index is 2.33. The lowest BCUT2D eigenvalue weighted by Gasteiger charge is -2.08. The number of aromatic amines is 1. The quantitative estimate of drug-likeness (QED) is 0.711. The Morgan fingerprint density at radius 2 is 2.18 bits per heavy atom. The van der Waals surface area contributed by atoms with E-state index in [4.69, 9.17) is 5.73 Å². The van der Waals surface area contributed by atoms with E-state index in [9.17, 15) is 12.8 Å². The van der Waals surface area contributed by atoms with Crippen LogP contribution in [-0.2, 0) is 10.0 Å². The van der Waals surface area contributed by atoms with Crippen LogP contribution in [0.25, 0.3) is 0 Å². The van der Waals surface area contributed by atoms with E-state index < -0.39 is 15.8 Å². The predicted octanol–water partition coefficient (Wildman–Crippen LogP) is 0.932. The fourth-order valence-corrected chi connectivity index (χ4v) is 2.21. The Kier molecular flexibility index (Phi) is 2.72. The van der Waals surface area contributed by atoms with Crippen molar-refractivity contribution in [3.05, 3.63) is 36.5 Å². The highest BCUT2D eigenvalue weighted by molar-refractivity contribution is 7.92. The van der Waals surface area contributed by atoms with Gasteiger partial charge in [0, 0.05) is 0 Å². The van der Waals surface area contributed by atoms with Crippen molar-refractivity contribution in [3.63, 3.8) is 0 Å². The molecule has 0 spiro atoms. The molecule has 8 heteroatoms. The van der Waals surface area contributed by atoms with Crippen LogP contribution in [0.2, 0.25) is 0 Å². The second-order valence-electron chi connectivity index (χ2n) is 3.25. The first-order valence-electron chi connectivity index (χ1n) is 4.55. The number of aromatic nitrogens is 2. The zero-order chi connectivity index (χ0) is 12.5. The van der Waals surface area contributed by atoms with Crippen LogP contribution in [0.5, 0.6) is 0 Å². The van der Waals surface area contributed by atoms with Crippen LogP contribution < -0.4 is 10.5 Å². The molecule has 0 radical (unpaired) electrons. The van der Waals surface area contributed by atoms with Crippen molar-refractivity contribution >= 4 is 21.4 Å². The molecule has 0 saturated heterocycles. The van der Waals surface area contributed by atoms with Gasteiger partial charge in [-0.1, -0.05) is 0 Å². The normalized spacial score (nSPS) is 11.4. The van der Waals surface area contributed by atoms with E-state index in [1.807, 2.05) is 0 Å². The number of anilines is 2. The van der Waals surface area contributed by atoms with E-state index in [1.54, 1.807) is 0 Å². The molecule has 2 rings (SSSR count). The van der Waals surface area contributed by atoms with Crippen LogP contribution in [-0.4, -0.2) is 18.4 Å². The number of benzene rings is 1. The van der Waals surface area contributed by atoms with Crippen molar-refractivity contribution < 1.29 is 12.8 Å². The highest BCUT2D eigenvalue weighted by Crippen LogP contribution is 2.21. The van der Waals surface area contributed by atoms with E-state index in [0.717, 1.165) is 18.3 Å². The molecule has 90 valence electrons. The zero-order valence-electron chi connectivity index (χ0n) is 8.51. The Hall–Kier alpha value is -2.09. The van der Waals surface area contributed by atoms with Gasteiger partial charge in [-0.25, -0.2) is 9.37 Å². The molecule has 1 heterocycles. The lowest BCUT2D eigenvalue weighted by Crippen LogP contribution is -2.14. The predicted molar refractivity (Wildman–Crippen MR) is 60.2 cm³/mol. The number of H-pyrrole nitrogens is 1. The number of hydrogen-bond donors (Lipinski definition) is 3. The zero-order valence-corrected chi connectivity index (χ0v) is 9.33. The summed E-state index contributed by atoms with van der Waals surface area (Å²) in [5, 5.41) is -0.0961. The molecule has 0 saturated carbocycles. The smallest absolute Gasteiger partial charge is 0.279 e. The van der Waals surface area contributed by atoms with Gasteiger partial charge in [-0.05, 0) is 18.2 Å². The third kappa shape index (κ3) is 2.36. The molecule has 0 aliphatic carbocycles. The van der Waals surface area contributed by atoms with Gasteiger partial charge in [0.1, 0.15) is 5.82 Å². The molecule has 0 unspecified atom stereocenters. The maximum Gasteiger partial charge on any atom is 0.279 e. The van der Waals surface area contributed by atoms with Gasteiger partial charge in [-0.15, -0.1) is 0 Å². The molecule has 0 atom stereocenters. The summed E-state index contributed by atoms with van der Waals surface area (Å²) in [6, 6.07) is 3.39. The molecule has 0 aliphatic heterocycles. The first kappa shape index (κ1) is 11.4. The number of nitrogen functional groups attached to an aromatic ring is 1. The van der Waals surface area contributed by atoms with Gasteiger partial charge in [-0.3, -0.25) is 4.72 Å². The summed E-state index contributed by atoms with van der Waals surface area (Å²) in [6.45, 7) is 0. The molecule has 0 amide bonds. The van der Waals surface area contributed by atoms with Gasteiger partial charge in [0.05, 0.1) is 23.9 Å². The topological polar surface area (TPSA) is 101 Å².